The summed E-state index contributed by atoms with van der Waals surface area (Å²) in [5.41, 5.74) is 9.43. The lowest BCUT2D eigenvalue weighted by atomic mass is 9.77. The average molecular weight is 614 g/mol. The lowest BCUT2D eigenvalue weighted by Crippen LogP contribution is -3.00. The van der Waals surface area contributed by atoms with Crippen LogP contribution in [0.25, 0.3) is 0 Å². The molecular weight excluding hydrogens is 572 g/mol. The summed E-state index contributed by atoms with van der Waals surface area (Å²) in [4.78, 5) is 15.9. The van der Waals surface area contributed by atoms with Crippen molar-refractivity contribution in [1.29, 1.82) is 0 Å². The molecule has 0 radical (unpaired) electrons. The van der Waals surface area contributed by atoms with Gasteiger partial charge in [0.1, 0.15) is 5.76 Å². The van der Waals surface area contributed by atoms with E-state index in [0.717, 1.165) is 22.8 Å². The summed E-state index contributed by atoms with van der Waals surface area (Å²) in [6.45, 7) is 18.6. The smallest absolute Gasteiger partial charge is 0.210 e. The number of aliphatic hydroxyl groups excluding tert-OH is 1. The standard InChI is InChI=1S/C36H40N2O2.BrH/c1-23(2)17-19-37-29-15-11-9-13-27(29)35(5,6)31(37)21-25-33(39)26(34(25)40)22-32-36(7,8)28-14-10-12-16-30(28)38(32)20-18-24(3)4;/h9-18,21-22H,19-20H2,1-8H3;1H. The van der Waals surface area contributed by atoms with Crippen molar-refractivity contribution in [3.05, 3.63) is 118 Å². The van der Waals surface area contributed by atoms with Gasteiger partial charge in [-0.05, 0) is 65.3 Å². The Kier molecular flexibility index (Phi) is 8.26. The Labute approximate surface area is 255 Å². The molecule has 4 nitrogen and oxygen atoms in total. The maximum absolute atomic E-state index is 13.7. The SMILES string of the molecule is CC(C)=CCN1/C(=C/C2=C(O)C(=C\C3=[N+](CC=C(C)C)c4ccccc4C3(C)C)/C2=O)C(C)(C)c2ccccc21.[Br-]. The molecular formula is C36H41BrN2O2. The topological polar surface area (TPSA) is 43.5 Å². The lowest BCUT2D eigenvalue weighted by molar-refractivity contribution is -0.425. The number of fused-ring (bicyclic) bond motifs is 2. The van der Waals surface area contributed by atoms with E-state index in [2.05, 4.69) is 126 Å². The first-order valence-corrected chi connectivity index (χ1v) is 14.2. The quantitative estimate of drug-likeness (QED) is 0.284. The van der Waals surface area contributed by atoms with Gasteiger partial charge >= 0.3 is 0 Å². The van der Waals surface area contributed by atoms with Crippen LogP contribution in [0.2, 0.25) is 0 Å². The molecule has 0 saturated heterocycles. The van der Waals surface area contributed by atoms with Gasteiger partial charge in [0.2, 0.25) is 11.5 Å². The first-order valence-electron chi connectivity index (χ1n) is 14.2. The number of hydrogen-bond acceptors (Lipinski definition) is 3. The van der Waals surface area contributed by atoms with Crippen LogP contribution in [0.5, 0.6) is 0 Å². The predicted molar refractivity (Wildman–Crippen MR) is 166 cm³/mol. The van der Waals surface area contributed by atoms with Gasteiger partial charge in [-0.2, -0.15) is 4.58 Å². The van der Waals surface area contributed by atoms with Crippen LogP contribution in [0.1, 0.15) is 66.5 Å². The number of hydrogen-bond donors (Lipinski definition) is 1. The van der Waals surface area contributed by atoms with Gasteiger partial charge in [0.05, 0.1) is 16.6 Å². The van der Waals surface area contributed by atoms with Crippen molar-refractivity contribution in [2.45, 2.75) is 66.2 Å². The Morgan fingerprint density at radius 1 is 0.854 bits per heavy atom. The molecule has 0 fully saturated rings. The van der Waals surface area contributed by atoms with E-state index in [0.29, 0.717) is 24.2 Å². The van der Waals surface area contributed by atoms with Crippen molar-refractivity contribution < 1.29 is 31.5 Å². The van der Waals surface area contributed by atoms with Gasteiger partial charge < -0.3 is 27.0 Å². The molecule has 5 heteroatoms. The fourth-order valence-electron chi connectivity index (χ4n) is 6.13. The molecule has 2 aliphatic heterocycles. The Morgan fingerprint density at radius 2 is 1.46 bits per heavy atom. The average Bonchev–Trinajstić information content (AvgIpc) is 3.26. The van der Waals surface area contributed by atoms with E-state index >= 15 is 0 Å². The zero-order chi connectivity index (χ0) is 29.0. The zero-order valence-corrected chi connectivity index (χ0v) is 27.1. The van der Waals surface area contributed by atoms with E-state index in [1.54, 1.807) is 0 Å². The van der Waals surface area contributed by atoms with Gasteiger partial charge in [0.25, 0.3) is 0 Å². The third-order valence-corrected chi connectivity index (χ3v) is 8.52. The Bertz CT molecular complexity index is 1600. The summed E-state index contributed by atoms with van der Waals surface area (Å²) in [5.74, 6) is -0.0341. The summed E-state index contributed by atoms with van der Waals surface area (Å²) in [6.07, 6.45) is 8.22. The molecule has 1 aliphatic carbocycles. The van der Waals surface area contributed by atoms with Crippen LogP contribution >= 0.6 is 0 Å². The van der Waals surface area contributed by atoms with Crippen LogP contribution in [0, 0.1) is 0 Å². The number of anilines is 1. The number of benzene rings is 2. The first kappa shape index (κ1) is 30.5. The highest BCUT2D eigenvalue weighted by atomic mass is 79.9. The van der Waals surface area contributed by atoms with Gasteiger partial charge in [-0.15, -0.1) is 0 Å². The Hall–Kier alpha value is -3.44. The lowest BCUT2D eigenvalue weighted by Gasteiger charge is -2.29. The number of nitrogens with zero attached hydrogens (tertiary/aromatic N) is 2. The highest BCUT2D eigenvalue weighted by molar-refractivity contribution is 6.24. The van der Waals surface area contributed by atoms with Crippen molar-refractivity contribution in [3.8, 4) is 0 Å². The molecule has 1 N–H and O–H groups in total. The minimum absolute atomic E-state index is 0. The molecule has 214 valence electrons. The number of allylic oxidation sites excluding steroid dienone is 7. The maximum Gasteiger partial charge on any atom is 0.210 e. The van der Waals surface area contributed by atoms with Gasteiger partial charge in [0.15, 0.2) is 12.3 Å². The van der Waals surface area contributed by atoms with Gasteiger partial charge in [-0.3, -0.25) is 4.79 Å². The summed E-state index contributed by atoms with van der Waals surface area (Å²) < 4.78 is 2.27. The molecule has 0 spiro atoms. The van der Waals surface area contributed by atoms with Crippen LogP contribution in [0.3, 0.4) is 0 Å². The normalized spacial score (nSPS) is 20.1. The van der Waals surface area contributed by atoms with Crippen LogP contribution in [0.15, 0.2) is 107 Å². The molecule has 0 aromatic heterocycles. The molecule has 2 heterocycles. The number of aliphatic hydroxyl groups is 1. The first-order chi connectivity index (χ1) is 18.9. The highest BCUT2D eigenvalue weighted by Gasteiger charge is 2.47. The summed E-state index contributed by atoms with van der Waals surface area (Å²) >= 11 is 0. The number of para-hydroxylation sites is 2. The molecule has 0 bridgehead atoms. The Morgan fingerprint density at radius 3 is 2.10 bits per heavy atom. The third-order valence-electron chi connectivity index (χ3n) is 8.52. The molecule has 2 aromatic carbocycles. The van der Waals surface area contributed by atoms with Crippen LogP contribution in [-0.4, -0.2) is 34.3 Å². The minimum Gasteiger partial charge on any atom is -1.00 e. The number of carbonyl (C=O) groups excluding carboxylic acids is 1. The highest BCUT2D eigenvalue weighted by Crippen LogP contribution is 2.49. The van der Waals surface area contributed by atoms with Crippen molar-refractivity contribution in [2.24, 2.45) is 0 Å². The molecule has 0 atom stereocenters. The predicted octanol–water partition coefficient (Wildman–Crippen LogP) is 5.00. The molecule has 0 unspecified atom stereocenters. The maximum atomic E-state index is 13.7. The van der Waals surface area contributed by atoms with Crippen LogP contribution in [0.4, 0.5) is 11.4 Å². The summed E-state index contributed by atoms with van der Waals surface area (Å²) in [5, 5.41) is 11.3. The number of halogens is 1. The summed E-state index contributed by atoms with van der Waals surface area (Å²) in [7, 11) is 0. The fourth-order valence-corrected chi connectivity index (χ4v) is 6.13. The van der Waals surface area contributed by atoms with Crippen LogP contribution in [-0.2, 0) is 15.6 Å². The van der Waals surface area contributed by atoms with E-state index < -0.39 is 0 Å². The van der Waals surface area contributed by atoms with Crippen molar-refractivity contribution in [1.82, 2.24) is 0 Å². The van der Waals surface area contributed by atoms with Gasteiger partial charge in [-0.1, -0.05) is 67.5 Å². The largest absolute Gasteiger partial charge is 1.00 e. The second kappa shape index (κ2) is 11.1. The minimum atomic E-state index is -0.301. The summed E-state index contributed by atoms with van der Waals surface area (Å²) in [6, 6.07) is 16.8. The molecule has 5 rings (SSSR count). The van der Waals surface area contributed by atoms with E-state index in [-0.39, 0.29) is 39.4 Å². The van der Waals surface area contributed by atoms with E-state index in [9.17, 15) is 9.90 Å². The zero-order valence-electron chi connectivity index (χ0n) is 25.5. The van der Waals surface area contributed by atoms with Gasteiger partial charge in [0, 0.05) is 41.1 Å². The monoisotopic (exact) mass is 612 g/mol. The molecule has 3 aliphatic rings. The molecule has 0 amide bonds. The third kappa shape index (κ3) is 5.10. The second-order valence-electron chi connectivity index (χ2n) is 12.6. The second-order valence-corrected chi connectivity index (χ2v) is 12.6. The van der Waals surface area contributed by atoms with Crippen molar-refractivity contribution >= 4 is 22.9 Å². The number of rotatable bonds is 6. The van der Waals surface area contributed by atoms with Crippen molar-refractivity contribution in [2.75, 3.05) is 18.0 Å². The van der Waals surface area contributed by atoms with E-state index in [1.165, 1.54) is 22.3 Å². The Balaban J connectivity index is 0.00000387. The molecule has 2 aromatic rings. The molecule has 41 heavy (non-hydrogen) atoms. The molecule has 0 saturated carbocycles. The van der Waals surface area contributed by atoms with Gasteiger partial charge in [-0.25, -0.2) is 0 Å². The number of Topliss-reactive ketones (excluding diaryl/α,β-unsaturated/α-hetero) is 1. The number of carbonyl (C=O) groups is 1. The van der Waals surface area contributed by atoms with Crippen molar-refractivity contribution in [3.63, 3.8) is 0 Å². The van der Waals surface area contributed by atoms with E-state index in [1.807, 2.05) is 12.2 Å². The fraction of sp³-hybridized carbons (Fsp3) is 0.333. The van der Waals surface area contributed by atoms with Crippen LogP contribution < -0.4 is 21.9 Å². The van der Waals surface area contributed by atoms with E-state index in [4.69, 9.17) is 0 Å². The number of ketones is 1.